The van der Waals surface area contributed by atoms with E-state index in [1.165, 1.54) is 6.07 Å². The smallest absolute Gasteiger partial charge is 0.220 e. The normalized spacial score (nSPS) is 10.5. The number of carbonyl (C=O) groups excluding carboxylic acids is 1. The molecule has 5 heteroatoms. The Bertz CT molecular complexity index is 650. The van der Waals surface area contributed by atoms with Crippen LogP contribution in [0.1, 0.15) is 17.5 Å². The fraction of sp³-hybridized carbons (Fsp3) is 0.278. The van der Waals surface area contributed by atoms with E-state index in [0.29, 0.717) is 35.7 Å². The molecule has 0 saturated heterocycles. The number of thioether (sulfide) groups is 1. The SMILES string of the molecule is O=C(CCc1ccccc1Cl)NCCSCc1ccccc1F. The largest absolute Gasteiger partial charge is 0.355 e. The second-order valence-electron chi connectivity index (χ2n) is 5.09. The Morgan fingerprint density at radius 3 is 2.52 bits per heavy atom. The van der Waals surface area contributed by atoms with Crippen LogP contribution in [0, 0.1) is 5.82 Å². The Labute approximate surface area is 145 Å². The predicted octanol–water partition coefficient (Wildman–Crippen LogP) is 4.46. The van der Waals surface area contributed by atoms with Crippen molar-refractivity contribution in [1.82, 2.24) is 5.32 Å². The van der Waals surface area contributed by atoms with Gasteiger partial charge in [0, 0.05) is 29.5 Å². The topological polar surface area (TPSA) is 29.1 Å². The Morgan fingerprint density at radius 1 is 1.09 bits per heavy atom. The summed E-state index contributed by atoms with van der Waals surface area (Å²) in [4.78, 5) is 11.8. The Hall–Kier alpha value is -1.52. The van der Waals surface area contributed by atoms with Crippen LogP contribution < -0.4 is 5.32 Å². The maximum Gasteiger partial charge on any atom is 0.220 e. The van der Waals surface area contributed by atoms with Gasteiger partial charge in [-0.15, -0.1) is 0 Å². The second-order valence-corrected chi connectivity index (χ2v) is 6.60. The first-order chi connectivity index (χ1) is 11.2. The van der Waals surface area contributed by atoms with Crippen LogP contribution in [-0.4, -0.2) is 18.2 Å². The lowest BCUT2D eigenvalue weighted by Gasteiger charge is -2.07. The maximum absolute atomic E-state index is 13.4. The van der Waals surface area contributed by atoms with E-state index in [0.717, 1.165) is 11.3 Å². The molecule has 23 heavy (non-hydrogen) atoms. The zero-order chi connectivity index (χ0) is 16.5. The van der Waals surface area contributed by atoms with Crippen molar-refractivity contribution in [2.24, 2.45) is 0 Å². The standard InChI is InChI=1S/C18H19ClFNOS/c19-16-7-3-1-5-14(16)9-10-18(22)21-11-12-23-13-15-6-2-4-8-17(15)20/h1-8H,9-13H2,(H,21,22). The number of benzene rings is 2. The van der Waals surface area contributed by atoms with Crippen LogP contribution in [0.3, 0.4) is 0 Å². The van der Waals surface area contributed by atoms with Gasteiger partial charge in [0.25, 0.3) is 0 Å². The van der Waals surface area contributed by atoms with Gasteiger partial charge in [-0.05, 0) is 29.7 Å². The van der Waals surface area contributed by atoms with E-state index in [9.17, 15) is 9.18 Å². The molecule has 0 aliphatic carbocycles. The monoisotopic (exact) mass is 351 g/mol. The molecular weight excluding hydrogens is 333 g/mol. The molecule has 2 nitrogen and oxygen atoms in total. The van der Waals surface area contributed by atoms with Crippen LogP contribution >= 0.6 is 23.4 Å². The van der Waals surface area contributed by atoms with Gasteiger partial charge in [0.15, 0.2) is 0 Å². The molecule has 0 atom stereocenters. The Morgan fingerprint density at radius 2 is 1.78 bits per heavy atom. The van der Waals surface area contributed by atoms with E-state index in [1.807, 2.05) is 30.3 Å². The number of carbonyl (C=O) groups is 1. The van der Waals surface area contributed by atoms with E-state index >= 15 is 0 Å². The summed E-state index contributed by atoms with van der Waals surface area (Å²) in [6, 6.07) is 14.3. The molecule has 0 saturated carbocycles. The van der Waals surface area contributed by atoms with Crippen molar-refractivity contribution in [3.05, 3.63) is 70.5 Å². The zero-order valence-electron chi connectivity index (χ0n) is 12.7. The molecule has 0 unspecified atom stereocenters. The molecule has 2 rings (SSSR count). The van der Waals surface area contributed by atoms with Crippen LogP contribution in [-0.2, 0) is 17.0 Å². The number of rotatable bonds is 8. The number of halogens is 2. The molecule has 0 bridgehead atoms. The third-order valence-corrected chi connectivity index (χ3v) is 4.74. The van der Waals surface area contributed by atoms with Crippen LogP contribution in [0.5, 0.6) is 0 Å². The highest BCUT2D eigenvalue weighted by Crippen LogP contribution is 2.17. The lowest BCUT2D eigenvalue weighted by Crippen LogP contribution is -2.26. The third-order valence-electron chi connectivity index (χ3n) is 3.36. The molecule has 0 fully saturated rings. The molecule has 1 amide bonds. The minimum atomic E-state index is -0.177. The third kappa shape index (κ3) is 6.24. The number of aryl methyl sites for hydroxylation is 1. The summed E-state index contributed by atoms with van der Waals surface area (Å²) >= 11 is 7.66. The zero-order valence-corrected chi connectivity index (χ0v) is 14.3. The first kappa shape index (κ1) is 17.8. The summed E-state index contributed by atoms with van der Waals surface area (Å²) < 4.78 is 13.4. The molecule has 0 radical (unpaired) electrons. The first-order valence-corrected chi connectivity index (χ1v) is 9.01. The minimum absolute atomic E-state index is 0.0106. The second kappa shape index (κ2) is 9.58. The highest BCUT2D eigenvalue weighted by Gasteiger charge is 2.05. The van der Waals surface area contributed by atoms with Crippen LogP contribution in [0.15, 0.2) is 48.5 Å². The van der Waals surface area contributed by atoms with Crippen LogP contribution in [0.25, 0.3) is 0 Å². The molecule has 0 aromatic heterocycles. The molecule has 2 aromatic carbocycles. The van der Waals surface area contributed by atoms with Crippen molar-refractivity contribution in [3.63, 3.8) is 0 Å². The summed E-state index contributed by atoms with van der Waals surface area (Å²) in [6.07, 6.45) is 1.05. The van der Waals surface area contributed by atoms with Gasteiger partial charge in [-0.25, -0.2) is 4.39 Å². The van der Waals surface area contributed by atoms with Gasteiger partial charge in [-0.1, -0.05) is 48.0 Å². The lowest BCUT2D eigenvalue weighted by atomic mass is 10.1. The average molecular weight is 352 g/mol. The van der Waals surface area contributed by atoms with Crippen LogP contribution in [0.2, 0.25) is 5.02 Å². The van der Waals surface area contributed by atoms with Gasteiger partial charge in [0.2, 0.25) is 5.91 Å². The molecule has 2 aromatic rings. The van der Waals surface area contributed by atoms with Crippen LogP contribution in [0.4, 0.5) is 4.39 Å². The fourth-order valence-electron chi connectivity index (χ4n) is 2.10. The quantitative estimate of drug-likeness (QED) is 0.711. The predicted molar refractivity (Wildman–Crippen MR) is 95.3 cm³/mol. The van der Waals surface area contributed by atoms with Gasteiger partial charge >= 0.3 is 0 Å². The average Bonchev–Trinajstić information content (AvgIpc) is 2.55. The number of amides is 1. The summed E-state index contributed by atoms with van der Waals surface area (Å²) in [5, 5.41) is 3.57. The highest BCUT2D eigenvalue weighted by atomic mass is 35.5. The number of nitrogens with one attached hydrogen (secondary N) is 1. The lowest BCUT2D eigenvalue weighted by molar-refractivity contribution is -0.120. The molecule has 0 aliphatic rings. The molecule has 1 N–H and O–H groups in total. The van der Waals surface area contributed by atoms with Gasteiger partial charge < -0.3 is 5.32 Å². The number of hydrogen-bond acceptors (Lipinski definition) is 2. The molecule has 0 heterocycles. The van der Waals surface area contributed by atoms with E-state index < -0.39 is 0 Å². The van der Waals surface area contributed by atoms with Crippen molar-refractivity contribution in [2.45, 2.75) is 18.6 Å². The molecule has 0 aliphatic heterocycles. The van der Waals surface area contributed by atoms with E-state index in [1.54, 1.807) is 23.9 Å². The summed E-state index contributed by atoms with van der Waals surface area (Å²) in [7, 11) is 0. The summed E-state index contributed by atoms with van der Waals surface area (Å²) in [6.45, 7) is 0.584. The Kier molecular flexibility index (Phi) is 7.43. The van der Waals surface area contributed by atoms with Crippen molar-refractivity contribution in [3.8, 4) is 0 Å². The molecule has 0 spiro atoms. The van der Waals surface area contributed by atoms with Gasteiger partial charge in [0.05, 0.1) is 0 Å². The first-order valence-electron chi connectivity index (χ1n) is 7.48. The van der Waals surface area contributed by atoms with Crippen molar-refractivity contribution < 1.29 is 9.18 Å². The molecular formula is C18H19ClFNOS. The van der Waals surface area contributed by atoms with E-state index in [2.05, 4.69) is 5.32 Å². The van der Waals surface area contributed by atoms with Gasteiger partial charge in [-0.3, -0.25) is 4.79 Å². The minimum Gasteiger partial charge on any atom is -0.355 e. The van der Waals surface area contributed by atoms with Crippen molar-refractivity contribution in [2.75, 3.05) is 12.3 Å². The Balaban J connectivity index is 1.60. The summed E-state index contributed by atoms with van der Waals surface area (Å²) in [5.41, 5.74) is 1.68. The van der Waals surface area contributed by atoms with Crippen molar-refractivity contribution >= 4 is 29.3 Å². The van der Waals surface area contributed by atoms with E-state index in [-0.39, 0.29) is 11.7 Å². The highest BCUT2D eigenvalue weighted by molar-refractivity contribution is 7.98. The maximum atomic E-state index is 13.4. The fourth-order valence-corrected chi connectivity index (χ4v) is 3.17. The van der Waals surface area contributed by atoms with Gasteiger partial charge in [0.1, 0.15) is 5.82 Å². The van der Waals surface area contributed by atoms with E-state index in [4.69, 9.17) is 11.6 Å². The number of hydrogen-bond donors (Lipinski definition) is 1. The van der Waals surface area contributed by atoms with Crippen molar-refractivity contribution in [1.29, 1.82) is 0 Å². The summed E-state index contributed by atoms with van der Waals surface area (Å²) in [5.74, 6) is 1.20. The van der Waals surface area contributed by atoms with Gasteiger partial charge in [-0.2, -0.15) is 11.8 Å². The molecule has 122 valence electrons.